The van der Waals surface area contributed by atoms with Crippen LogP contribution in [-0.2, 0) is 0 Å². The number of hydrogen-bond acceptors (Lipinski definition) is 3. The third-order valence-corrected chi connectivity index (χ3v) is 2.05. The van der Waals surface area contributed by atoms with E-state index in [1.165, 1.54) is 0 Å². The first-order chi connectivity index (χ1) is 5.38. The molecule has 0 radical (unpaired) electrons. The zero-order valence-electron chi connectivity index (χ0n) is 6.12. The van der Waals surface area contributed by atoms with Gasteiger partial charge in [-0.2, -0.15) is 0 Å². The molecule has 1 aromatic heterocycles. The van der Waals surface area contributed by atoms with Gasteiger partial charge in [0.15, 0.2) is 0 Å². The fraction of sp³-hybridized carbons (Fsp3) is 0.375. The van der Waals surface area contributed by atoms with Crippen molar-refractivity contribution in [3.63, 3.8) is 0 Å². The molecule has 0 atom stereocenters. The lowest BCUT2D eigenvalue weighted by Crippen LogP contribution is -2.39. The predicted octanol–water partition coefficient (Wildman–Crippen LogP) is 0.474. The van der Waals surface area contributed by atoms with Gasteiger partial charge in [-0.3, -0.25) is 4.98 Å². The molecule has 2 heterocycles. The summed E-state index contributed by atoms with van der Waals surface area (Å²) in [4.78, 5) is 3.96. The molecule has 2 N–H and O–H groups in total. The average Bonchev–Trinajstić information content (AvgIpc) is 1.90. The summed E-state index contributed by atoms with van der Waals surface area (Å²) >= 11 is 0. The van der Waals surface area contributed by atoms with Crippen molar-refractivity contribution in [3.8, 4) is 5.75 Å². The highest BCUT2D eigenvalue weighted by atomic mass is 16.3. The van der Waals surface area contributed by atoms with E-state index in [4.69, 9.17) is 0 Å². The van der Waals surface area contributed by atoms with Gasteiger partial charge < -0.3 is 10.4 Å². The zero-order chi connectivity index (χ0) is 7.68. The second kappa shape index (κ2) is 2.51. The van der Waals surface area contributed by atoms with E-state index >= 15 is 0 Å². The van der Waals surface area contributed by atoms with E-state index in [9.17, 15) is 5.11 Å². The monoisotopic (exact) mass is 150 g/mol. The van der Waals surface area contributed by atoms with Crippen molar-refractivity contribution in [1.29, 1.82) is 0 Å². The second-order valence-corrected chi connectivity index (χ2v) is 2.79. The SMILES string of the molecule is Oc1ccncc1C1CNC1. The Bertz CT molecular complexity index is 258. The van der Waals surface area contributed by atoms with Crippen molar-refractivity contribution in [2.45, 2.75) is 5.92 Å². The van der Waals surface area contributed by atoms with Gasteiger partial charge in [0.1, 0.15) is 5.75 Å². The Labute approximate surface area is 65.1 Å². The van der Waals surface area contributed by atoms with E-state index < -0.39 is 0 Å². The third kappa shape index (κ3) is 1.07. The summed E-state index contributed by atoms with van der Waals surface area (Å²) in [5.41, 5.74) is 0.964. The van der Waals surface area contributed by atoms with E-state index in [1.54, 1.807) is 18.5 Å². The summed E-state index contributed by atoms with van der Waals surface area (Å²) in [6.45, 7) is 1.92. The van der Waals surface area contributed by atoms with Gasteiger partial charge in [0.2, 0.25) is 0 Å². The van der Waals surface area contributed by atoms with Crippen LogP contribution >= 0.6 is 0 Å². The Balaban J connectivity index is 2.28. The van der Waals surface area contributed by atoms with Crippen LogP contribution in [0.2, 0.25) is 0 Å². The molecule has 1 saturated heterocycles. The summed E-state index contributed by atoms with van der Waals surface area (Å²) in [5, 5.41) is 12.5. The van der Waals surface area contributed by atoms with Crippen LogP contribution in [0.5, 0.6) is 5.75 Å². The Hall–Kier alpha value is -1.09. The first-order valence-corrected chi connectivity index (χ1v) is 3.71. The van der Waals surface area contributed by atoms with Gasteiger partial charge in [0.05, 0.1) is 0 Å². The smallest absolute Gasteiger partial charge is 0.122 e. The molecule has 0 spiro atoms. The lowest BCUT2D eigenvalue weighted by Gasteiger charge is -2.27. The van der Waals surface area contributed by atoms with Crippen LogP contribution in [0.25, 0.3) is 0 Å². The number of rotatable bonds is 1. The number of aromatic nitrogens is 1. The number of aromatic hydroxyl groups is 1. The molecule has 1 aromatic rings. The van der Waals surface area contributed by atoms with Crippen LogP contribution in [0, 0.1) is 0 Å². The molecular weight excluding hydrogens is 140 g/mol. The van der Waals surface area contributed by atoms with Crippen molar-refractivity contribution >= 4 is 0 Å². The second-order valence-electron chi connectivity index (χ2n) is 2.79. The van der Waals surface area contributed by atoms with Crippen LogP contribution in [0.3, 0.4) is 0 Å². The van der Waals surface area contributed by atoms with Crippen LogP contribution < -0.4 is 5.32 Å². The first-order valence-electron chi connectivity index (χ1n) is 3.71. The normalized spacial score (nSPS) is 17.8. The topological polar surface area (TPSA) is 45.2 Å². The molecule has 0 saturated carbocycles. The summed E-state index contributed by atoms with van der Waals surface area (Å²) in [5.74, 6) is 0.829. The van der Waals surface area contributed by atoms with Gasteiger partial charge in [0.25, 0.3) is 0 Å². The Morgan fingerprint density at radius 3 is 2.91 bits per heavy atom. The van der Waals surface area contributed by atoms with Crippen LogP contribution in [-0.4, -0.2) is 23.2 Å². The molecule has 0 bridgehead atoms. The predicted molar refractivity (Wildman–Crippen MR) is 41.5 cm³/mol. The van der Waals surface area contributed by atoms with Gasteiger partial charge in [0, 0.05) is 37.0 Å². The molecule has 0 aromatic carbocycles. The molecule has 1 aliphatic rings. The van der Waals surface area contributed by atoms with Crippen LogP contribution in [0.15, 0.2) is 18.5 Å². The fourth-order valence-electron chi connectivity index (χ4n) is 1.22. The van der Waals surface area contributed by atoms with Crippen molar-refractivity contribution in [2.75, 3.05) is 13.1 Å². The maximum atomic E-state index is 9.38. The van der Waals surface area contributed by atoms with E-state index in [0.29, 0.717) is 11.7 Å². The lowest BCUT2D eigenvalue weighted by molar-refractivity contribution is 0.412. The average molecular weight is 150 g/mol. The van der Waals surface area contributed by atoms with E-state index in [2.05, 4.69) is 10.3 Å². The van der Waals surface area contributed by atoms with Crippen LogP contribution in [0.4, 0.5) is 0 Å². The molecule has 0 unspecified atom stereocenters. The van der Waals surface area contributed by atoms with Gasteiger partial charge in [-0.05, 0) is 6.07 Å². The summed E-state index contributed by atoms with van der Waals surface area (Å²) in [7, 11) is 0. The summed E-state index contributed by atoms with van der Waals surface area (Å²) in [6, 6.07) is 1.63. The van der Waals surface area contributed by atoms with Gasteiger partial charge in [-0.25, -0.2) is 0 Å². The molecule has 3 nitrogen and oxygen atoms in total. The van der Waals surface area contributed by atoms with E-state index in [1.807, 2.05) is 0 Å². The Morgan fingerprint density at radius 2 is 2.36 bits per heavy atom. The quantitative estimate of drug-likeness (QED) is 0.611. The highest BCUT2D eigenvalue weighted by Gasteiger charge is 2.21. The zero-order valence-corrected chi connectivity index (χ0v) is 6.12. The largest absolute Gasteiger partial charge is 0.508 e. The van der Waals surface area contributed by atoms with Gasteiger partial charge in [-0.15, -0.1) is 0 Å². The standard InChI is InChI=1S/C8H10N2O/c11-8-1-2-9-5-7(8)6-3-10-4-6/h1-2,5-6,10H,3-4H2,(H,9,11). The maximum Gasteiger partial charge on any atom is 0.122 e. The highest BCUT2D eigenvalue weighted by molar-refractivity contribution is 5.33. The van der Waals surface area contributed by atoms with E-state index in [-0.39, 0.29) is 0 Å². The minimum absolute atomic E-state index is 0.367. The third-order valence-electron chi connectivity index (χ3n) is 2.05. The first kappa shape index (κ1) is 6.61. The molecule has 2 rings (SSSR count). The van der Waals surface area contributed by atoms with Crippen molar-refractivity contribution in [1.82, 2.24) is 10.3 Å². The van der Waals surface area contributed by atoms with Crippen molar-refractivity contribution < 1.29 is 5.11 Å². The summed E-state index contributed by atoms with van der Waals surface area (Å²) < 4.78 is 0. The molecular formula is C8H10N2O. The minimum Gasteiger partial charge on any atom is -0.508 e. The maximum absolute atomic E-state index is 9.38. The molecule has 0 amide bonds. The molecule has 11 heavy (non-hydrogen) atoms. The highest BCUT2D eigenvalue weighted by Crippen LogP contribution is 2.26. The number of pyridine rings is 1. The molecule has 1 aliphatic heterocycles. The lowest BCUT2D eigenvalue weighted by atomic mass is 9.95. The summed E-state index contributed by atoms with van der Waals surface area (Å²) in [6.07, 6.45) is 3.34. The number of nitrogens with one attached hydrogen (secondary N) is 1. The molecule has 3 heteroatoms. The van der Waals surface area contributed by atoms with Crippen LogP contribution in [0.1, 0.15) is 11.5 Å². The molecule has 1 fully saturated rings. The van der Waals surface area contributed by atoms with Crippen molar-refractivity contribution in [2.24, 2.45) is 0 Å². The fourth-order valence-corrected chi connectivity index (χ4v) is 1.22. The van der Waals surface area contributed by atoms with E-state index in [0.717, 1.165) is 18.7 Å². The Morgan fingerprint density at radius 1 is 1.55 bits per heavy atom. The molecule has 58 valence electrons. The molecule has 0 aliphatic carbocycles. The number of nitrogens with zero attached hydrogens (tertiary/aromatic N) is 1. The van der Waals surface area contributed by atoms with Gasteiger partial charge in [-0.1, -0.05) is 0 Å². The number of hydrogen-bond donors (Lipinski definition) is 2. The van der Waals surface area contributed by atoms with Gasteiger partial charge >= 0.3 is 0 Å². The Kier molecular flexibility index (Phi) is 1.51. The minimum atomic E-state index is 0.367. The van der Waals surface area contributed by atoms with Crippen molar-refractivity contribution in [3.05, 3.63) is 24.0 Å².